The smallest absolute Gasteiger partial charge is 0.161 e. The zero-order valence-electron chi connectivity index (χ0n) is 13.6. The van der Waals surface area contributed by atoms with Gasteiger partial charge in [-0.1, -0.05) is 23.7 Å². The molecule has 3 rings (SSSR count). The van der Waals surface area contributed by atoms with Crippen LogP contribution in [0.4, 0.5) is 0 Å². The maximum atomic E-state index is 6.07. The van der Waals surface area contributed by atoms with E-state index in [-0.39, 0.29) is 0 Å². The van der Waals surface area contributed by atoms with Crippen LogP contribution in [0.5, 0.6) is 11.5 Å². The standard InChI is InChI=1S/C19H22ClNO2/c1-22-18-11-14-8-9-21-17(16(14)12-19(18)23-2)7-6-13-4-3-5-15(20)10-13/h3-5,10-12,17,21H,6-9H2,1-2H3/t17-/m0/s1. The second-order valence-corrected chi connectivity index (χ2v) is 6.27. The fourth-order valence-corrected chi connectivity index (χ4v) is 3.44. The van der Waals surface area contributed by atoms with Crippen molar-refractivity contribution in [2.24, 2.45) is 0 Å². The number of halogens is 1. The van der Waals surface area contributed by atoms with Gasteiger partial charge in [0.1, 0.15) is 0 Å². The first-order chi connectivity index (χ1) is 11.2. The van der Waals surface area contributed by atoms with E-state index in [0.29, 0.717) is 6.04 Å². The van der Waals surface area contributed by atoms with Gasteiger partial charge in [-0.25, -0.2) is 0 Å². The molecule has 0 amide bonds. The average Bonchev–Trinajstić information content (AvgIpc) is 2.58. The summed E-state index contributed by atoms with van der Waals surface area (Å²) in [5.74, 6) is 1.60. The SMILES string of the molecule is COc1cc2c(cc1OC)[C@H](CCc1cccc(Cl)c1)NCC2. The summed E-state index contributed by atoms with van der Waals surface area (Å²) in [6.07, 6.45) is 3.04. The van der Waals surface area contributed by atoms with Gasteiger partial charge in [0.05, 0.1) is 14.2 Å². The Morgan fingerprint density at radius 1 is 1.13 bits per heavy atom. The first kappa shape index (κ1) is 16.2. The maximum absolute atomic E-state index is 6.07. The van der Waals surface area contributed by atoms with E-state index in [1.165, 1.54) is 16.7 Å². The summed E-state index contributed by atoms with van der Waals surface area (Å²) in [4.78, 5) is 0. The molecule has 2 aromatic carbocycles. The van der Waals surface area contributed by atoms with Crippen LogP contribution in [-0.4, -0.2) is 20.8 Å². The number of methoxy groups -OCH3 is 2. The summed E-state index contributed by atoms with van der Waals surface area (Å²) in [6.45, 7) is 0.989. The van der Waals surface area contributed by atoms with E-state index < -0.39 is 0 Å². The van der Waals surface area contributed by atoms with Crippen molar-refractivity contribution in [3.8, 4) is 11.5 Å². The zero-order chi connectivity index (χ0) is 16.2. The molecule has 3 nitrogen and oxygen atoms in total. The van der Waals surface area contributed by atoms with E-state index in [9.17, 15) is 0 Å². The van der Waals surface area contributed by atoms with Crippen molar-refractivity contribution in [2.75, 3.05) is 20.8 Å². The van der Waals surface area contributed by atoms with Gasteiger partial charge in [-0.2, -0.15) is 0 Å². The highest BCUT2D eigenvalue weighted by molar-refractivity contribution is 6.30. The van der Waals surface area contributed by atoms with Crippen LogP contribution in [-0.2, 0) is 12.8 Å². The van der Waals surface area contributed by atoms with Gasteiger partial charge in [0, 0.05) is 11.1 Å². The molecule has 4 heteroatoms. The highest BCUT2D eigenvalue weighted by Crippen LogP contribution is 2.36. The topological polar surface area (TPSA) is 30.5 Å². The normalized spacial score (nSPS) is 16.7. The maximum Gasteiger partial charge on any atom is 0.161 e. The Balaban J connectivity index is 1.80. The number of aryl methyl sites for hydroxylation is 1. The summed E-state index contributed by atoms with van der Waals surface area (Å²) >= 11 is 6.07. The molecule has 1 atom stereocenters. The molecule has 0 fully saturated rings. The lowest BCUT2D eigenvalue weighted by Gasteiger charge is -2.28. The van der Waals surface area contributed by atoms with Crippen molar-refractivity contribution in [3.63, 3.8) is 0 Å². The number of hydrogen-bond acceptors (Lipinski definition) is 3. The molecule has 1 aliphatic rings. The van der Waals surface area contributed by atoms with Crippen molar-refractivity contribution in [1.29, 1.82) is 0 Å². The lowest BCUT2D eigenvalue weighted by Crippen LogP contribution is -2.30. The van der Waals surface area contributed by atoms with Gasteiger partial charge >= 0.3 is 0 Å². The second kappa shape index (κ2) is 7.24. The molecule has 2 aromatic rings. The first-order valence-electron chi connectivity index (χ1n) is 7.94. The molecular formula is C19H22ClNO2. The Morgan fingerprint density at radius 3 is 2.65 bits per heavy atom. The van der Waals surface area contributed by atoms with Gasteiger partial charge in [0.15, 0.2) is 11.5 Å². The lowest BCUT2D eigenvalue weighted by molar-refractivity contribution is 0.351. The van der Waals surface area contributed by atoms with Crippen molar-refractivity contribution < 1.29 is 9.47 Å². The molecule has 0 aromatic heterocycles. The summed E-state index contributed by atoms with van der Waals surface area (Å²) in [7, 11) is 3.36. The number of fused-ring (bicyclic) bond motifs is 1. The van der Waals surface area contributed by atoms with E-state index in [4.69, 9.17) is 21.1 Å². The predicted octanol–water partition coefficient (Wildman–Crippen LogP) is 4.18. The predicted molar refractivity (Wildman–Crippen MR) is 93.8 cm³/mol. The van der Waals surface area contributed by atoms with Crippen LogP contribution in [0.2, 0.25) is 5.02 Å². The van der Waals surface area contributed by atoms with Crippen molar-refractivity contribution in [2.45, 2.75) is 25.3 Å². The Bertz CT molecular complexity index is 687. The Morgan fingerprint density at radius 2 is 1.91 bits per heavy atom. The summed E-state index contributed by atoms with van der Waals surface area (Å²) in [6, 6.07) is 12.6. The Hall–Kier alpha value is -1.71. The Labute approximate surface area is 142 Å². The number of nitrogens with one attached hydrogen (secondary N) is 1. The van der Waals surface area contributed by atoms with Crippen LogP contribution < -0.4 is 14.8 Å². The number of ether oxygens (including phenoxy) is 2. The third-order valence-electron chi connectivity index (χ3n) is 4.42. The van der Waals surface area contributed by atoms with Gasteiger partial charge in [-0.15, -0.1) is 0 Å². The monoisotopic (exact) mass is 331 g/mol. The van der Waals surface area contributed by atoms with E-state index >= 15 is 0 Å². The Kier molecular flexibility index (Phi) is 5.09. The molecule has 0 spiro atoms. The quantitative estimate of drug-likeness (QED) is 0.891. The van der Waals surface area contributed by atoms with Crippen LogP contribution in [0.1, 0.15) is 29.2 Å². The van der Waals surface area contributed by atoms with Crippen LogP contribution in [0.15, 0.2) is 36.4 Å². The molecule has 122 valence electrons. The van der Waals surface area contributed by atoms with Crippen LogP contribution in [0, 0.1) is 0 Å². The molecule has 0 aliphatic carbocycles. The lowest BCUT2D eigenvalue weighted by atomic mass is 9.90. The molecule has 0 saturated carbocycles. The van der Waals surface area contributed by atoms with Gasteiger partial charge in [-0.3, -0.25) is 0 Å². The number of hydrogen-bond donors (Lipinski definition) is 1. The average molecular weight is 332 g/mol. The van der Waals surface area contributed by atoms with Gasteiger partial charge < -0.3 is 14.8 Å². The highest BCUT2D eigenvalue weighted by Gasteiger charge is 2.22. The largest absolute Gasteiger partial charge is 0.493 e. The van der Waals surface area contributed by atoms with Crippen LogP contribution in [0.3, 0.4) is 0 Å². The molecule has 0 radical (unpaired) electrons. The molecule has 23 heavy (non-hydrogen) atoms. The molecular weight excluding hydrogens is 310 g/mol. The number of rotatable bonds is 5. The van der Waals surface area contributed by atoms with Crippen LogP contribution in [0.25, 0.3) is 0 Å². The third-order valence-corrected chi connectivity index (χ3v) is 4.65. The second-order valence-electron chi connectivity index (χ2n) is 5.83. The molecule has 0 unspecified atom stereocenters. The highest BCUT2D eigenvalue weighted by atomic mass is 35.5. The van der Waals surface area contributed by atoms with Crippen molar-refractivity contribution in [3.05, 3.63) is 58.1 Å². The fourth-order valence-electron chi connectivity index (χ4n) is 3.23. The number of benzene rings is 2. The molecule has 1 aliphatic heterocycles. The van der Waals surface area contributed by atoms with E-state index in [1.807, 2.05) is 18.2 Å². The van der Waals surface area contributed by atoms with E-state index in [0.717, 1.165) is 42.3 Å². The zero-order valence-corrected chi connectivity index (χ0v) is 14.3. The third kappa shape index (κ3) is 3.62. The van der Waals surface area contributed by atoms with Crippen LogP contribution >= 0.6 is 11.6 Å². The summed E-state index contributed by atoms with van der Waals surface area (Å²) in [5.41, 5.74) is 3.93. The summed E-state index contributed by atoms with van der Waals surface area (Å²) < 4.78 is 10.9. The van der Waals surface area contributed by atoms with E-state index in [2.05, 4.69) is 23.5 Å². The fraction of sp³-hybridized carbons (Fsp3) is 0.368. The van der Waals surface area contributed by atoms with Gasteiger partial charge in [-0.05, 0) is 66.8 Å². The minimum atomic E-state index is 0.331. The van der Waals surface area contributed by atoms with Crippen molar-refractivity contribution in [1.82, 2.24) is 5.32 Å². The minimum absolute atomic E-state index is 0.331. The molecule has 0 saturated heterocycles. The molecule has 1 heterocycles. The summed E-state index contributed by atoms with van der Waals surface area (Å²) in [5, 5.41) is 4.42. The first-order valence-corrected chi connectivity index (χ1v) is 8.31. The van der Waals surface area contributed by atoms with Gasteiger partial charge in [0.2, 0.25) is 0 Å². The van der Waals surface area contributed by atoms with Crippen molar-refractivity contribution >= 4 is 11.6 Å². The molecule has 1 N–H and O–H groups in total. The minimum Gasteiger partial charge on any atom is -0.493 e. The van der Waals surface area contributed by atoms with Gasteiger partial charge in [0.25, 0.3) is 0 Å². The molecule has 0 bridgehead atoms. The van der Waals surface area contributed by atoms with E-state index in [1.54, 1.807) is 14.2 Å².